The third kappa shape index (κ3) is 2.90. The summed E-state index contributed by atoms with van der Waals surface area (Å²) >= 11 is 1.51. The Morgan fingerprint density at radius 2 is 2.50 bits per heavy atom. The van der Waals surface area contributed by atoms with Crippen molar-refractivity contribution in [1.29, 1.82) is 0 Å². The van der Waals surface area contributed by atoms with Gasteiger partial charge in [-0.05, 0) is 36.8 Å². The Labute approximate surface area is 99.7 Å². The van der Waals surface area contributed by atoms with Crippen molar-refractivity contribution >= 4 is 17.1 Å². The van der Waals surface area contributed by atoms with Crippen LogP contribution in [0.15, 0.2) is 17.5 Å². The van der Waals surface area contributed by atoms with Crippen LogP contribution in [0.3, 0.4) is 0 Å². The first kappa shape index (κ1) is 11.8. The van der Waals surface area contributed by atoms with Gasteiger partial charge in [-0.2, -0.15) is 0 Å². The van der Waals surface area contributed by atoms with Crippen molar-refractivity contribution in [3.8, 4) is 0 Å². The lowest BCUT2D eigenvalue weighted by Crippen LogP contribution is -2.27. The van der Waals surface area contributed by atoms with E-state index in [0.717, 1.165) is 30.8 Å². The molecular weight excluding hydrogens is 222 g/mol. The number of aliphatic hydroxyl groups is 1. The van der Waals surface area contributed by atoms with Crippen LogP contribution in [0.1, 0.15) is 22.5 Å². The number of nitrogens with zero attached hydrogens (tertiary/aromatic N) is 1. The van der Waals surface area contributed by atoms with E-state index < -0.39 is 0 Å². The highest BCUT2D eigenvalue weighted by Gasteiger charge is 2.23. The molecule has 1 N–H and O–H groups in total. The fourth-order valence-electron chi connectivity index (χ4n) is 2.19. The Morgan fingerprint density at radius 3 is 3.19 bits per heavy atom. The zero-order valence-corrected chi connectivity index (χ0v) is 10.1. The van der Waals surface area contributed by atoms with Crippen molar-refractivity contribution in [2.75, 3.05) is 26.2 Å². The van der Waals surface area contributed by atoms with E-state index in [2.05, 4.69) is 4.90 Å². The summed E-state index contributed by atoms with van der Waals surface area (Å²) in [5.41, 5.74) is 0. The van der Waals surface area contributed by atoms with Crippen LogP contribution in [0.5, 0.6) is 0 Å². The first-order valence-corrected chi connectivity index (χ1v) is 6.57. The van der Waals surface area contributed by atoms with Gasteiger partial charge in [0, 0.05) is 13.2 Å². The number of likely N-dealkylation sites (tertiary alicyclic amines) is 1. The molecule has 0 aliphatic carbocycles. The number of carbonyl (C=O) groups is 1. The lowest BCUT2D eigenvalue weighted by Gasteiger charge is -2.14. The summed E-state index contributed by atoms with van der Waals surface area (Å²) in [5, 5.41) is 10.8. The average molecular weight is 239 g/mol. The monoisotopic (exact) mass is 239 g/mol. The minimum absolute atomic E-state index is 0.222. The van der Waals surface area contributed by atoms with Crippen molar-refractivity contribution in [3.05, 3.63) is 22.4 Å². The number of Topliss-reactive ketones (excluding diaryl/α,β-unsaturated/α-hetero) is 1. The molecule has 2 rings (SSSR count). The highest BCUT2D eigenvalue weighted by atomic mass is 32.1. The van der Waals surface area contributed by atoms with E-state index in [1.165, 1.54) is 11.3 Å². The van der Waals surface area contributed by atoms with Crippen molar-refractivity contribution in [2.24, 2.45) is 5.92 Å². The molecule has 0 amide bonds. The fraction of sp³-hybridized carbons (Fsp3) is 0.583. The first-order chi connectivity index (χ1) is 7.79. The fourth-order valence-corrected chi connectivity index (χ4v) is 2.85. The minimum Gasteiger partial charge on any atom is -0.396 e. The van der Waals surface area contributed by atoms with Crippen LogP contribution in [-0.4, -0.2) is 42.0 Å². The molecule has 1 saturated heterocycles. The van der Waals surface area contributed by atoms with Crippen LogP contribution in [0, 0.1) is 5.92 Å². The molecule has 0 saturated carbocycles. The second kappa shape index (κ2) is 5.57. The molecule has 1 aromatic rings. The van der Waals surface area contributed by atoms with Crippen LogP contribution < -0.4 is 0 Å². The van der Waals surface area contributed by atoms with Crippen molar-refractivity contribution in [2.45, 2.75) is 12.8 Å². The second-order valence-corrected chi connectivity index (χ2v) is 5.25. The first-order valence-electron chi connectivity index (χ1n) is 5.69. The highest BCUT2D eigenvalue weighted by Crippen LogP contribution is 2.20. The van der Waals surface area contributed by atoms with Crippen LogP contribution in [0.2, 0.25) is 0 Å². The maximum absolute atomic E-state index is 11.8. The standard InChI is InChI=1S/C12H17NO2S/c14-6-4-10-3-5-13(8-10)9-11(15)12-2-1-7-16-12/h1-2,7,10,14H,3-6,8-9H2. The number of hydrogen-bond acceptors (Lipinski definition) is 4. The van der Waals surface area contributed by atoms with Gasteiger partial charge in [-0.3, -0.25) is 9.69 Å². The van der Waals surface area contributed by atoms with Gasteiger partial charge in [0.25, 0.3) is 0 Å². The minimum atomic E-state index is 0.222. The molecule has 3 nitrogen and oxygen atoms in total. The van der Waals surface area contributed by atoms with Crippen LogP contribution >= 0.6 is 11.3 Å². The van der Waals surface area contributed by atoms with Gasteiger partial charge in [0.1, 0.15) is 0 Å². The SMILES string of the molecule is O=C(CN1CCC(CCO)C1)c1cccs1. The van der Waals surface area contributed by atoms with Gasteiger partial charge < -0.3 is 5.11 Å². The Morgan fingerprint density at radius 1 is 1.62 bits per heavy atom. The summed E-state index contributed by atoms with van der Waals surface area (Å²) in [6.07, 6.45) is 1.97. The van der Waals surface area contributed by atoms with Gasteiger partial charge in [-0.25, -0.2) is 0 Å². The van der Waals surface area contributed by atoms with Crippen LogP contribution in [0.4, 0.5) is 0 Å². The maximum atomic E-state index is 11.8. The van der Waals surface area contributed by atoms with Crippen molar-refractivity contribution in [3.63, 3.8) is 0 Å². The summed E-state index contributed by atoms with van der Waals surface area (Å²) in [6.45, 7) is 2.74. The molecule has 1 atom stereocenters. The predicted octanol–water partition coefficient (Wildman–Crippen LogP) is 1.64. The number of rotatable bonds is 5. The normalized spacial score (nSPS) is 21.4. The summed E-state index contributed by atoms with van der Waals surface area (Å²) < 4.78 is 0. The largest absolute Gasteiger partial charge is 0.396 e. The van der Waals surface area contributed by atoms with Crippen LogP contribution in [0.25, 0.3) is 0 Å². The molecule has 1 fully saturated rings. The third-order valence-corrected chi connectivity index (χ3v) is 3.98. The molecule has 1 aliphatic rings. The zero-order chi connectivity index (χ0) is 11.4. The van der Waals surface area contributed by atoms with Gasteiger partial charge in [-0.15, -0.1) is 11.3 Å². The molecule has 1 aliphatic heterocycles. The molecule has 4 heteroatoms. The second-order valence-electron chi connectivity index (χ2n) is 4.30. The van der Waals surface area contributed by atoms with E-state index in [1.807, 2.05) is 17.5 Å². The molecule has 1 unspecified atom stereocenters. The van der Waals surface area contributed by atoms with E-state index in [1.54, 1.807) is 0 Å². The summed E-state index contributed by atoms with van der Waals surface area (Å²) in [4.78, 5) is 14.9. The van der Waals surface area contributed by atoms with Gasteiger partial charge in [0.05, 0.1) is 11.4 Å². The topological polar surface area (TPSA) is 40.5 Å². The van der Waals surface area contributed by atoms with E-state index in [-0.39, 0.29) is 12.4 Å². The van der Waals surface area contributed by atoms with Crippen LogP contribution in [-0.2, 0) is 0 Å². The van der Waals surface area contributed by atoms with E-state index in [4.69, 9.17) is 5.11 Å². The van der Waals surface area contributed by atoms with Gasteiger partial charge in [0.15, 0.2) is 5.78 Å². The van der Waals surface area contributed by atoms with Crippen molar-refractivity contribution in [1.82, 2.24) is 4.90 Å². The molecule has 0 bridgehead atoms. The van der Waals surface area contributed by atoms with Gasteiger partial charge >= 0.3 is 0 Å². The van der Waals surface area contributed by atoms with E-state index in [9.17, 15) is 4.79 Å². The maximum Gasteiger partial charge on any atom is 0.186 e. The van der Waals surface area contributed by atoms with Gasteiger partial charge in [-0.1, -0.05) is 6.07 Å². The number of hydrogen-bond donors (Lipinski definition) is 1. The Bertz CT molecular complexity index is 337. The molecule has 0 spiro atoms. The highest BCUT2D eigenvalue weighted by molar-refractivity contribution is 7.12. The van der Waals surface area contributed by atoms with Gasteiger partial charge in [0.2, 0.25) is 0 Å². The smallest absolute Gasteiger partial charge is 0.186 e. The molecule has 2 heterocycles. The Hall–Kier alpha value is -0.710. The Kier molecular flexibility index (Phi) is 4.09. The Balaban J connectivity index is 1.81. The number of thiophene rings is 1. The number of carbonyl (C=O) groups excluding carboxylic acids is 1. The summed E-state index contributed by atoms with van der Waals surface area (Å²) in [5.74, 6) is 0.792. The predicted molar refractivity (Wildman–Crippen MR) is 64.9 cm³/mol. The number of aliphatic hydroxyl groups excluding tert-OH is 1. The molecule has 0 aromatic carbocycles. The third-order valence-electron chi connectivity index (χ3n) is 3.07. The summed E-state index contributed by atoms with van der Waals surface area (Å²) in [7, 11) is 0. The van der Waals surface area contributed by atoms with E-state index >= 15 is 0 Å². The molecule has 0 radical (unpaired) electrons. The quantitative estimate of drug-likeness (QED) is 0.794. The molecular formula is C12H17NO2S. The van der Waals surface area contributed by atoms with E-state index in [0.29, 0.717) is 12.5 Å². The zero-order valence-electron chi connectivity index (χ0n) is 9.26. The van der Waals surface area contributed by atoms with Crippen molar-refractivity contribution < 1.29 is 9.90 Å². The molecule has 1 aromatic heterocycles. The lowest BCUT2D eigenvalue weighted by molar-refractivity contribution is 0.0946. The average Bonchev–Trinajstić information content (AvgIpc) is 2.89. The summed E-state index contributed by atoms with van der Waals surface area (Å²) in [6, 6.07) is 3.80. The number of ketones is 1. The lowest BCUT2D eigenvalue weighted by atomic mass is 10.1. The molecule has 16 heavy (non-hydrogen) atoms. The molecule has 88 valence electrons.